The number of nitrogens with one attached hydrogen (secondary N) is 1. The Hall–Kier alpha value is -3.16. The molecule has 0 aliphatic heterocycles. The van der Waals surface area contributed by atoms with E-state index in [2.05, 4.69) is 32.5 Å². The van der Waals surface area contributed by atoms with Gasteiger partial charge >= 0.3 is 0 Å². The topological polar surface area (TPSA) is 98.3 Å². The highest BCUT2D eigenvalue weighted by molar-refractivity contribution is 9.10. The maximum atomic E-state index is 11.2. The van der Waals surface area contributed by atoms with E-state index in [-0.39, 0.29) is 13.0 Å². The Labute approximate surface area is 153 Å². The van der Waals surface area contributed by atoms with E-state index in [4.69, 9.17) is 15.3 Å². The zero-order valence-corrected chi connectivity index (χ0v) is 14.7. The highest BCUT2D eigenvalue weighted by Gasteiger charge is 2.06. The van der Waals surface area contributed by atoms with Gasteiger partial charge in [0, 0.05) is 15.6 Å². The molecular weight excluding hydrogens is 384 g/mol. The molecule has 0 spiro atoms. The van der Waals surface area contributed by atoms with E-state index in [0.717, 1.165) is 10.0 Å². The van der Waals surface area contributed by atoms with E-state index < -0.39 is 5.91 Å². The molecule has 2 aromatic rings. The molecule has 2 aromatic carbocycles. The number of nitriles is 2. The highest BCUT2D eigenvalue weighted by Crippen LogP contribution is 2.23. The summed E-state index contributed by atoms with van der Waals surface area (Å²) in [7, 11) is 0. The first-order valence-electron chi connectivity index (χ1n) is 7.23. The Kier molecular flexibility index (Phi) is 6.70. The molecule has 6 nitrogen and oxygen atoms in total. The first-order valence-corrected chi connectivity index (χ1v) is 8.02. The number of hydrogen-bond acceptors (Lipinski definition) is 5. The third-order valence-corrected chi connectivity index (χ3v) is 3.62. The van der Waals surface area contributed by atoms with Gasteiger partial charge in [0.25, 0.3) is 5.91 Å². The molecular formula is C18H13BrN4O2. The van der Waals surface area contributed by atoms with Gasteiger partial charge < -0.3 is 4.74 Å². The van der Waals surface area contributed by atoms with Gasteiger partial charge in [0.15, 0.2) is 0 Å². The summed E-state index contributed by atoms with van der Waals surface area (Å²) >= 11 is 3.37. The standard InChI is InChI=1S/C18H13BrN4O2/c19-16-5-6-17(15(9-16)11-22-23-18(24)7-8-20)25-12-14-4-2-1-3-13(14)10-21/h1-6,9,11H,7,12H2,(H,23,24)/b22-11-. The zero-order chi connectivity index (χ0) is 18.1. The molecule has 0 aromatic heterocycles. The Morgan fingerprint density at radius 3 is 2.84 bits per heavy atom. The predicted molar refractivity (Wildman–Crippen MR) is 95.6 cm³/mol. The van der Waals surface area contributed by atoms with Crippen molar-refractivity contribution in [2.45, 2.75) is 13.0 Å². The number of ether oxygens (including phenoxy) is 1. The highest BCUT2D eigenvalue weighted by atomic mass is 79.9. The van der Waals surface area contributed by atoms with E-state index in [1.165, 1.54) is 6.21 Å². The lowest BCUT2D eigenvalue weighted by Gasteiger charge is -2.10. The van der Waals surface area contributed by atoms with Crippen LogP contribution in [0.4, 0.5) is 0 Å². The van der Waals surface area contributed by atoms with Crippen molar-refractivity contribution >= 4 is 28.1 Å². The second-order valence-electron chi connectivity index (χ2n) is 4.87. The Balaban J connectivity index is 2.13. The number of benzene rings is 2. The maximum absolute atomic E-state index is 11.2. The number of hydrazone groups is 1. The van der Waals surface area contributed by atoms with E-state index in [9.17, 15) is 4.79 Å². The third kappa shape index (κ3) is 5.45. The van der Waals surface area contributed by atoms with Crippen LogP contribution in [0.1, 0.15) is 23.1 Å². The molecule has 7 heteroatoms. The second-order valence-corrected chi connectivity index (χ2v) is 5.78. The van der Waals surface area contributed by atoms with Crippen LogP contribution in [0.5, 0.6) is 5.75 Å². The Morgan fingerprint density at radius 2 is 2.08 bits per heavy atom. The van der Waals surface area contributed by atoms with Crippen LogP contribution >= 0.6 is 15.9 Å². The van der Waals surface area contributed by atoms with Gasteiger partial charge in [0.2, 0.25) is 0 Å². The number of halogens is 1. The largest absolute Gasteiger partial charge is 0.488 e. The smallest absolute Gasteiger partial charge is 0.254 e. The molecule has 0 saturated heterocycles. The minimum atomic E-state index is -0.487. The van der Waals surface area contributed by atoms with Crippen LogP contribution in [0.15, 0.2) is 52.0 Å². The van der Waals surface area contributed by atoms with Crippen LogP contribution in [0.3, 0.4) is 0 Å². The van der Waals surface area contributed by atoms with Crippen LogP contribution < -0.4 is 10.2 Å². The van der Waals surface area contributed by atoms with Crippen molar-refractivity contribution in [2.75, 3.05) is 0 Å². The third-order valence-electron chi connectivity index (χ3n) is 3.13. The molecule has 0 radical (unpaired) electrons. The predicted octanol–water partition coefficient (Wildman–Crippen LogP) is 3.26. The average Bonchev–Trinajstić information content (AvgIpc) is 2.61. The normalized spacial score (nSPS) is 10.0. The van der Waals surface area contributed by atoms with E-state index in [1.54, 1.807) is 30.3 Å². The monoisotopic (exact) mass is 396 g/mol. The molecule has 124 valence electrons. The quantitative estimate of drug-likeness (QED) is 0.598. The lowest BCUT2D eigenvalue weighted by molar-refractivity contribution is -0.120. The summed E-state index contributed by atoms with van der Waals surface area (Å²) < 4.78 is 6.62. The lowest BCUT2D eigenvalue weighted by atomic mass is 10.1. The first-order chi connectivity index (χ1) is 12.1. The number of hydrogen-bond donors (Lipinski definition) is 1. The summed E-state index contributed by atoms with van der Waals surface area (Å²) in [4.78, 5) is 11.2. The summed E-state index contributed by atoms with van der Waals surface area (Å²) in [6.07, 6.45) is 1.18. The van der Waals surface area contributed by atoms with E-state index in [0.29, 0.717) is 16.9 Å². The molecule has 0 aliphatic rings. The average molecular weight is 397 g/mol. The lowest BCUT2D eigenvalue weighted by Crippen LogP contribution is -2.16. The molecule has 0 aliphatic carbocycles. The fraction of sp³-hybridized carbons (Fsp3) is 0.111. The molecule has 2 rings (SSSR count). The van der Waals surface area contributed by atoms with Gasteiger partial charge in [0.1, 0.15) is 18.8 Å². The van der Waals surface area contributed by atoms with Crippen molar-refractivity contribution in [3.8, 4) is 17.9 Å². The number of amides is 1. The zero-order valence-electron chi connectivity index (χ0n) is 13.1. The van der Waals surface area contributed by atoms with Crippen LogP contribution in [-0.2, 0) is 11.4 Å². The fourth-order valence-corrected chi connectivity index (χ4v) is 2.33. The second kappa shape index (κ2) is 9.21. The van der Waals surface area contributed by atoms with Crippen LogP contribution in [0, 0.1) is 22.7 Å². The first kappa shape index (κ1) is 18.2. The molecule has 1 N–H and O–H groups in total. The molecule has 1 amide bonds. The summed E-state index contributed by atoms with van der Waals surface area (Å²) in [5.41, 5.74) is 4.24. The number of nitrogens with zero attached hydrogens (tertiary/aromatic N) is 3. The SMILES string of the molecule is N#CCC(=O)N/N=C\c1cc(Br)ccc1OCc1ccccc1C#N. The Morgan fingerprint density at radius 1 is 1.28 bits per heavy atom. The fourth-order valence-electron chi connectivity index (χ4n) is 1.95. The number of rotatable bonds is 6. The van der Waals surface area contributed by atoms with Crippen LogP contribution in [0.25, 0.3) is 0 Å². The van der Waals surface area contributed by atoms with Gasteiger partial charge in [-0.1, -0.05) is 34.1 Å². The minimum absolute atomic E-state index is 0.229. The minimum Gasteiger partial charge on any atom is -0.488 e. The van der Waals surface area contributed by atoms with E-state index in [1.807, 2.05) is 18.2 Å². The summed E-state index contributed by atoms with van der Waals surface area (Å²) in [6.45, 7) is 0.229. The van der Waals surface area contributed by atoms with Crippen LogP contribution in [-0.4, -0.2) is 12.1 Å². The summed E-state index contributed by atoms with van der Waals surface area (Å²) in [5.74, 6) is 0.0633. The molecule has 0 unspecified atom stereocenters. The van der Waals surface area contributed by atoms with Crippen molar-refractivity contribution in [1.82, 2.24) is 5.43 Å². The molecule has 0 heterocycles. The van der Waals surface area contributed by atoms with Crippen molar-refractivity contribution in [3.63, 3.8) is 0 Å². The van der Waals surface area contributed by atoms with Crippen LogP contribution in [0.2, 0.25) is 0 Å². The van der Waals surface area contributed by atoms with Gasteiger partial charge in [-0.3, -0.25) is 4.79 Å². The molecule has 0 saturated carbocycles. The van der Waals surface area contributed by atoms with Gasteiger partial charge in [-0.2, -0.15) is 15.6 Å². The summed E-state index contributed by atoms with van der Waals surface area (Å²) in [5, 5.41) is 21.4. The van der Waals surface area contributed by atoms with Gasteiger partial charge in [0.05, 0.1) is 23.9 Å². The van der Waals surface area contributed by atoms with Crippen molar-refractivity contribution in [2.24, 2.45) is 5.10 Å². The summed E-state index contributed by atoms with van der Waals surface area (Å²) in [6, 6.07) is 16.4. The Bertz CT molecular complexity index is 881. The molecule has 0 bridgehead atoms. The van der Waals surface area contributed by atoms with Crippen molar-refractivity contribution in [1.29, 1.82) is 10.5 Å². The van der Waals surface area contributed by atoms with Crippen molar-refractivity contribution < 1.29 is 9.53 Å². The van der Waals surface area contributed by atoms with Gasteiger partial charge in [-0.15, -0.1) is 0 Å². The molecule has 0 fully saturated rings. The molecule has 0 atom stereocenters. The number of carbonyl (C=O) groups excluding carboxylic acids is 1. The van der Waals surface area contributed by atoms with E-state index >= 15 is 0 Å². The maximum Gasteiger partial charge on any atom is 0.254 e. The van der Waals surface area contributed by atoms with Crippen molar-refractivity contribution in [3.05, 3.63) is 63.6 Å². The molecule has 25 heavy (non-hydrogen) atoms. The number of carbonyl (C=O) groups is 1. The van der Waals surface area contributed by atoms with Gasteiger partial charge in [-0.25, -0.2) is 5.43 Å². The van der Waals surface area contributed by atoms with Gasteiger partial charge in [-0.05, 0) is 24.3 Å².